The molecule has 34 heavy (non-hydrogen) atoms. The normalized spacial score (nSPS) is 14.5. The van der Waals surface area contributed by atoms with E-state index in [1.165, 1.54) is 29.1 Å². The summed E-state index contributed by atoms with van der Waals surface area (Å²) in [6.07, 6.45) is 7.94. The molecule has 0 spiro atoms. The topological polar surface area (TPSA) is 99.6 Å². The number of aromatic nitrogens is 2. The number of hydrogen-bond acceptors (Lipinski definition) is 6. The smallest absolute Gasteiger partial charge is 0.313 e. The summed E-state index contributed by atoms with van der Waals surface area (Å²) in [5, 5.41) is 16.6. The van der Waals surface area contributed by atoms with Gasteiger partial charge in [-0.1, -0.05) is 59.4 Å². The number of ether oxygens (including phenoxy) is 1. The number of nitro benzene ring substituents is 1. The quantitative estimate of drug-likeness (QED) is 0.152. The summed E-state index contributed by atoms with van der Waals surface area (Å²) in [5.41, 5.74) is 0.273. The van der Waals surface area contributed by atoms with Gasteiger partial charge in [-0.25, -0.2) is 4.98 Å². The van der Waals surface area contributed by atoms with Crippen LogP contribution in [0.3, 0.4) is 0 Å². The van der Waals surface area contributed by atoms with E-state index in [2.05, 4.69) is 27.6 Å². The zero-order valence-corrected chi connectivity index (χ0v) is 20.6. The molecule has 0 bridgehead atoms. The lowest BCUT2D eigenvalue weighted by Crippen LogP contribution is -2.25. The van der Waals surface area contributed by atoms with Crippen molar-refractivity contribution in [2.75, 3.05) is 6.61 Å². The number of fused-ring (bicyclic) bond motifs is 1. The molecule has 4 rings (SSSR count). The molecule has 0 unspecified atom stereocenters. The van der Waals surface area contributed by atoms with E-state index in [9.17, 15) is 14.9 Å². The zero-order chi connectivity index (χ0) is 24.2. The predicted molar refractivity (Wildman–Crippen MR) is 136 cm³/mol. The summed E-state index contributed by atoms with van der Waals surface area (Å²) in [7, 11) is 0. The zero-order valence-electron chi connectivity index (χ0n) is 18.2. The molecule has 176 valence electrons. The van der Waals surface area contributed by atoms with Gasteiger partial charge < -0.3 is 4.74 Å². The Kier molecular flexibility index (Phi) is 7.43. The summed E-state index contributed by atoms with van der Waals surface area (Å²) < 4.78 is 7.62. The van der Waals surface area contributed by atoms with Crippen molar-refractivity contribution in [3.05, 3.63) is 84.3 Å². The van der Waals surface area contributed by atoms with Crippen molar-refractivity contribution in [3.8, 4) is 5.75 Å². The maximum atomic E-state index is 13.5. The average molecular weight is 546 g/mol. The van der Waals surface area contributed by atoms with Crippen LogP contribution in [0.4, 0.5) is 5.69 Å². The van der Waals surface area contributed by atoms with Crippen LogP contribution in [0.5, 0.6) is 5.75 Å². The Hall–Kier alpha value is -3.04. The third kappa shape index (κ3) is 5.05. The van der Waals surface area contributed by atoms with E-state index in [-0.39, 0.29) is 40.1 Å². The van der Waals surface area contributed by atoms with E-state index in [1.54, 1.807) is 6.07 Å². The van der Waals surface area contributed by atoms with Crippen molar-refractivity contribution in [2.45, 2.75) is 38.0 Å². The standard InChI is InChI=1S/C24H22BrClN4O4/c1-2-10-34-22-16(11-18(26)13-21(22)30(32)33)14-27-29-23(15-6-4-3-5-7-15)28-20-9-8-17(25)12-19(20)24(29)31/h2,8-9,11-15H,1,3-7,10H2. The molecular formula is C24H22BrClN4O4. The Balaban J connectivity index is 1.89. The molecule has 2 aromatic carbocycles. The van der Waals surface area contributed by atoms with Gasteiger partial charge >= 0.3 is 5.69 Å². The van der Waals surface area contributed by atoms with Crippen LogP contribution < -0.4 is 10.3 Å². The average Bonchev–Trinajstić information content (AvgIpc) is 2.83. The summed E-state index contributed by atoms with van der Waals surface area (Å²) in [5.74, 6) is 0.680. The molecular weight excluding hydrogens is 524 g/mol. The SMILES string of the molecule is C=CCOc1c(C=Nn2c(C3CCCCC3)nc3ccc(Br)cc3c2=O)cc(Cl)cc1[N+](=O)[O-]. The van der Waals surface area contributed by atoms with Crippen molar-refractivity contribution in [1.82, 2.24) is 9.66 Å². The lowest BCUT2D eigenvalue weighted by Gasteiger charge is -2.22. The van der Waals surface area contributed by atoms with Gasteiger partial charge in [-0.15, -0.1) is 0 Å². The minimum absolute atomic E-state index is 0.00167. The molecule has 1 aromatic heterocycles. The molecule has 0 amide bonds. The number of benzene rings is 2. The van der Waals surface area contributed by atoms with Crippen LogP contribution in [0.25, 0.3) is 10.9 Å². The third-order valence-corrected chi connectivity index (χ3v) is 6.43. The second-order valence-electron chi connectivity index (χ2n) is 8.03. The van der Waals surface area contributed by atoms with Crippen molar-refractivity contribution in [2.24, 2.45) is 5.10 Å². The van der Waals surface area contributed by atoms with Gasteiger partial charge in [-0.3, -0.25) is 14.9 Å². The van der Waals surface area contributed by atoms with Crippen molar-refractivity contribution >= 4 is 50.3 Å². The van der Waals surface area contributed by atoms with Gasteiger partial charge in [0.05, 0.1) is 22.0 Å². The van der Waals surface area contributed by atoms with Gasteiger partial charge in [-0.2, -0.15) is 9.78 Å². The first kappa shape index (κ1) is 24.1. The molecule has 3 aromatic rings. The van der Waals surface area contributed by atoms with Gasteiger partial charge in [0, 0.05) is 27.0 Å². The van der Waals surface area contributed by atoms with Crippen molar-refractivity contribution in [1.29, 1.82) is 0 Å². The predicted octanol–water partition coefficient (Wildman–Crippen LogP) is 6.22. The Morgan fingerprint density at radius 2 is 2.06 bits per heavy atom. The van der Waals surface area contributed by atoms with E-state index in [4.69, 9.17) is 21.3 Å². The molecule has 1 saturated carbocycles. The first-order valence-electron chi connectivity index (χ1n) is 10.9. The molecule has 1 aliphatic rings. The summed E-state index contributed by atoms with van der Waals surface area (Å²) >= 11 is 9.54. The summed E-state index contributed by atoms with van der Waals surface area (Å²) in [6, 6.07) is 8.09. The highest BCUT2D eigenvalue weighted by Gasteiger charge is 2.24. The second kappa shape index (κ2) is 10.5. The number of rotatable bonds is 7. The first-order valence-corrected chi connectivity index (χ1v) is 12.0. The van der Waals surface area contributed by atoms with E-state index in [0.29, 0.717) is 16.7 Å². The van der Waals surface area contributed by atoms with E-state index < -0.39 is 4.92 Å². The maximum absolute atomic E-state index is 13.5. The highest BCUT2D eigenvalue weighted by Crippen LogP contribution is 2.35. The largest absolute Gasteiger partial charge is 0.482 e. The minimum atomic E-state index is -0.573. The third-order valence-electron chi connectivity index (χ3n) is 5.72. The van der Waals surface area contributed by atoms with E-state index >= 15 is 0 Å². The van der Waals surface area contributed by atoms with Crippen LogP contribution in [0, 0.1) is 10.1 Å². The van der Waals surface area contributed by atoms with Gasteiger partial charge in [-0.05, 0) is 37.1 Å². The van der Waals surface area contributed by atoms with Crippen molar-refractivity contribution < 1.29 is 9.66 Å². The molecule has 10 heteroatoms. The van der Waals surface area contributed by atoms with E-state index in [0.717, 1.165) is 36.6 Å². The van der Waals surface area contributed by atoms with Crippen LogP contribution in [0.2, 0.25) is 5.02 Å². The monoisotopic (exact) mass is 544 g/mol. The molecule has 1 aliphatic carbocycles. The van der Waals surface area contributed by atoms with E-state index in [1.807, 2.05) is 12.1 Å². The number of halogens is 2. The van der Waals surface area contributed by atoms with Gasteiger partial charge in [0.2, 0.25) is 5.75 Å². The molecule has 1 heterocycles. The summed E-state index contributed by atoms with van der Waals surface area (Å²) in [6.45, 7) is 3.65. The molecule has 1 fully saturated rings. The second-order valence-corrected chi connectivity index (χ2v) is 9.38. The lowest BCUT2D eigenvalue weighted by molar-refractivity contribution is -0.385. The van der Waals surface area contributed by atoms with Crippen molar-refractivity contribution in [3.63, 3.8) is 0 Å². The molecule has 0 atom stereocenters. The first-order chi connectivity index (χ1) is 16.4. The fourth-order valence-corrected chi connectivity index (χ4v) is 4.74. The van der Waals surface area contributed by atoms with Crippen LogP contribution in [-0.4, -0.2) is 27.4 Å². The number of nitrogens with zero attached hydrogens (tertiary/aromatic N) is 4. The maximum Gasteiger partial charge on any atom is 0.313 e. The van der Waals surface area contributed by atoms with Crippen LogP contribution >= 0.6 is 27.5 Å². The minimum Gasteiger partial charge on any atom is -0.482 e. The fraction of sp³-hybridized carbons (Fsp3) is 0.292. The molecule has 0 aliphatic heterocycles. The fourth-order valence-electron chi connectivity index (χ4n) is 4.15. The van der Waals surface area contributed by atoms with Crippen LogP contribution in [0.1, 0.15) is 49.4 Å². The van der Waals surface area contributed by atoms with Gasteiger partial charge in [0.25, 0.3) is 5.56 Å². The highest BCUT2D eigenvalue weighted by molar-refractivity contribution is 9.10. The van der Waals surface area contributed by atoms with Gasteiger partial charge in [0.15, 0.2) is 0 Å². The number of hydrogen-bond donors (Lipinski definition) is 0. The Morgan fingerprint density at radius 1 is 1.29 bits per heavy atom. The molecule has 0 radical (unpaired) electrons. The Bertz CT molecular complexity index is 1350. The molecule has 0 N–H and O–H groups in total. The number of nitro groups is 1. The Labute approximate surface area is 209 Å². The van der Waals surface area contributed by atoms with Crippen LogP contribution in [-0.2, 0) is 0 Å². The molecule has 8 nitrogen and oxygen atoms in total. The van der Waals surface area contributed by atoms with Crippen LogP contribution in [0.15, 0.2) is 57.4 Å². The van der Waals surface area contributed by atoms with Gasteiger partial charge in [0.1, 0.15) is 12.4 Å². The summed E-state index contributed by atoms with van der Waals surface area (Å²) in [4.78, 5) is 29.3. The lowest BCUT2D eigenvalue weighted by atomic mass is 9.88. The molecule has 0 saturated heterocycles. The Morgan fingerprint density at radius 3 is 2.76 bits per heavy atom. The highest BCUT2D eigenvalue weighted by atomic mass is 79.9.